The molecule has 1 saturated heterocycles. The first-order valence-corrected chi connectivity index (χ1v) is 9.94. The summed E-state index contributed by atoms with van der Waals surface area (Å²) in [5.41, 5.74) is 1.24. The van der Waals surface area contributed by atoms with Gasteiger partial charge in [0.2, 0.25) is 5.88 Å². The zero-order chi connectivity index (χ0) is 20.3. The van der Waals surface area contributed by atoms with Crippen LogP contribution in [-0.4, -0.2) is 46.3 Å². The number of piperidine rings is 1. The second kappa shape index (κ2) is 8.38. The van der Waals surface area contributed by atoms with Crippen molar-refractivity contribution in [3.05, 3.63) is 29.4 Å². The third kappa shape index (κ3) is 5.37. The first-order chi connectivity index (χ1) is 13.2. The minimum absolute atomic E-state index is 0.120. The predicted octanol–water partition coefficient (Wildman–Crippen LogP) is 4.92. The minimum Gasteiger partial charge on any atom is -0.444 e. The van der Waals surface area contributed by atoms with Crippen LogP contribution in [0.25, 0.3) is 10.6 Å². The van der Waals surface area contributed by atoms with Crippen LogP contribution in [0.4, 0.5) is 13.6 Å². The molecule has 0 spiro atoms. The van der Waals surface area contributed by atoms with Crippen molar-refractivity contribution in [1.82, 2.24) is 14.9 Å². The van der Waals surface area contributed by atoms with Crippen molar-refractivity contribution in [2.24, 2.45) is 0 Å². The Morgan fingerprint density at radius 3 is 2.57 bits per heavy atom. The number of pyridine rings is 1. The number of carbonyl (C=O) groups excluding carboxylic acids is 1. The number of alkyl halides is 2. The highest BCUT2D eigenvalue weighted by molar-refractivity contribution is 7.13. The van der Waals surface area contributed by atoms with E-state index in [2.05, 4.69) is 14.7 Å². The van der Waals surface area contributed by atoms with Crippen LogP contribution in [0.5, 0.6) is 5.88 Å². The van der Waals surface area contributed by atoms with Gasteiger partial charge in [-0.15, -0.1) is 11.3 Å². The molecule has 0 radical (unpaired) electrons. The average Bonchev–Trinajstić information content (AvgIpc) is 3.10. The standard InChI is InChI=1S/C19H23F2N3O3S/c1-19(2,3)27-18(25)24-8-6-12(7-9-24)14-11-28-16(23-14)13-4-5-15(22-10-13)26-17(20)21/h4-5,10-12,17H,6-9H2,1-3H3. The molecule has 1 amide bonds. The Labute approximate surface area is 166 Å². The van der Waals surface area contributed by atoms with Crippen molar-refractivity contribution in [2.45, 2.75) is 51.7 Å². The summed E-state index contributed by atoms with van der Waals surface area (Å²) in [4.78, 5) is 22.5. The van der Waals surface area contributed by atoms with Crippen molar-refractivity contribution < 1.29 is 23.0 Å². The van der Waals surface area contributed by atoms with Gasteiger partial charge in [0.25, 0.3) is 0 Å². The molecule has 1 aliphatic rings. The fraction of sp³-hybridized carbons (Fsp3) is 0.526. The number of aromatic nitrogens is 2. The first-order valence-electron chi connectivity index (χ1n) is 9.06. The molecule has 0 atom stereocenters. The maximum Gasteiger partial charge on any atom is 0.410 e. The van der Waals surface area contributed by atoms with Crippen LogP contribution in [0.1, 0.15) is 45.2 Å². The van der Waals surface area contributed by atoms with Gasteiger partial charge in [-0.05, 0) is 39.7 Å². The van der Waals surface area contributed by atoms with E-state index in [1.54, 1.807) is 11.0 Å². The molecular formula is C19H23F2N3O3S. The summed E-state index contributed by atoms with van der Waals surface area (Å²) >= 11 is 1.49. The number of hydrogen-bond acceptors (Lipinski definition) is 6. The highest BCUT2D eigenvalue weighted by Gasteiger charge is 2.28. The van der Waals surface area contributed by atoms with Crippen LogP contribution in [0.15, 0.2) is 23.7 Å². The monoisotopic (exact) mass is 411 g/mol. The summed E-state index contributed by atoms with van der Waals surface area (Å²) in [5, 5.41) is 2.79. The molecule has 0 aliphatic carbocycles. The Hall–Kier alpha value is -2.29. The lowest BCUT2D eigenvalue weighted by Gasteiger charge is -2.32. The summed E-state index contributed by atoms with van der Waals surface area (Å²) in [5.74, 6) is 0.156. The van der Waals surface area contributed by atoms with E-state index in [-0.39, 0.29) is 17.9 Å². The Morgan fingerprint density at radius 1 is 1.29 bits per heavy atom. The van der Waals surface area contributed by atoms with Crippen molar-refractivity contribution in [2.75, 3.05) is 13.1 Å². The zero-order valence-corrected chi connectivity index (χ0v) is 16.8. The molecule has 0 unspecified atom stereocenters. The number of carbonyl (C=O) groups is 1. The molecule has 0 bridgehead atoms. The Morgan fingerprint density at radius 2 is 2.00 bits per heavy atom. The summed E-state index contributed by atoms with van der Waals surface area (Å²) in [6.45, 7) is 3.94. The van der Waals surface area contributed by atoms with Crippen LogP contribution in [-0.2, 0) is 4.74 Å². The lowest BCUT2D eigenvalue weighted by atomic mass is 9.94. The molecule has 6 nitrogen and oxygen atoms in total. The number of halogens is 2. The van der Waals surface area contributed by atoms with E-state index in [4.69, 9.17) is 4.74 Å². The highest BCUT2D eigenvalue weighted by atomic mass is 32.1. The Bertz CT molecular complexity index is 798. The maximum atomic E-state index is 12.2. The number of amides is 1. The summed E-state index contributed by atoms with van der Waals surface area (Å²) in [6.07, 6.45) is 2.84. The summed E-state index contributed by atoms with van der Waals surface area (Å²) in [6, 6.07) is 3.07. The molecule has 3 heterocycles. The predicted molar refractivity (Wildman–Crippen MR) is 102 cm³/mol. The molecule has 0 N–H and O–H groups in total. The average molecular weight is 411 g/mol. The SMILES string of the molecule is CC(C)(C)OC(=O)N1CCC(c2csc(-c3ccc(OC(F)F)nc3)n2)CC1. The second-order valence-electron chi connectivity index (χ2n) is 7.58. The molecule has 2 aromatic heterocycles. The molecule has 152 valence electrons. The number of thiazole rings is 1. The maximum absolute atomic E-state index is 12.2. The number of hydrogen-bond donors (Lipinski definition) is 0. The Balaban J connectivity index is 1.58. The fourth-order valence-corrected chi connectivity index (χ4v) is 3.85. The quantitative estimate of drug-likeness (QED) is 0.714. The van der Waals surface area contributed by atoms with Gasteiger partial charge in [0.05, 0.1) is 5.69 Å². The first kappa shape index (κ1) is 20.4. The van der Waals surface area contributed by atoms with Crippen LogP contribution >= 0.6 is 11.3 Å². The molecule has 3 rings (SSSR count). The van der Waals surface area contributed by atoms with Crippen molar-refractivity contribution in [3.8, 4) is 16.5 Å². The van der Waals surface area contributed by atoms with Crippen LogP contribution in [0.2, 0.25) is 0 Å². The fourth-order valence-electron chi connectivity index (χ4n) is 2.96. The molecule has 9 heteroatoms. The van der Waals surface area contributed by atoms with Gasteiger partial charge in [-0.2, -0.15) is 8.78 Å². The van der Waals surface area contributed by atoms with E-state index in [0.717, 1.165) is 29.1 Å². The van der Waals surface area contributed by atoms with Gasteiger partial charge < -0.3 is 14.4 Å². The van der Waals surface area contributed by atoms with E-state index in [0.29, 0.717) is 13.1 Å². The summed E-state index contributed by atoms with van der Waals surface area (Å²) in [7, 11) is 0. The van der Waals surface area contributed by atoms with E-state index in [1.165, 1.54) is 23.6 Å². The molecular weight excluding hydrogens is 388 g/mol. The van der Waals surface area contributed by atoms with E-state index in [9.17, 15) is 13.6 Å². The molecule has 1 fully saturated rings. The number of rotatable bonds is 4. The van der Waals surface area contributed by atoms with Gasteiger partial charge in [0, 0.05) is 42.2 Å². The van der Waals surface area contributed by atoms with Crippen LogP contribution in [0.3, 0.4) is 0 Å². The van der Waals surface area contributed by atoms with E-state index < -0.39 is 12.2 Å². The van der Waals surface area contributed by atoms with Gasteiger partial charge in [-0.25, -0.2) is 14.8 Å². The second-order valence-corrected chi connectivity index (χ2v) is 8.44. The lowest BCUT2D eigenvalue weighted by molar-refractivity contribution is -0.0528. The number of ether oxygens (including phenoxy) is 2. The van der Waals surface area contributed by atoms with Gasteiger partial charge in [0.1, 0.15) is 10.6 Å². The van der Waals surface area contributed by atoms with Crippen LogP contribution in [0, 0.1) is 0 Å². The highest BCUT2D eigenvalue weighted by Crippen LogP contribution is 2.33. The topological polar surface area (TPSA) is 64.5 Å². The zero-order valence-electron chi connectivity index (χ0n) is 16.0. The molecule has 28 heavy (non-hydrogen) atoms. The molecule has 2 aromatic rings. The number of likely N-dealkylation sites (tertiary alicyclic amines) is 1. The molecule has 0 saturated carbocycles. The van der Waals surface area contributed by atoms with Gasteiger partial charge in [-0.1, -0.05) is 0 Å². The van der Waals surface area contributed by atoms with Crippen molar-refractivity contribution in [3.63, 3.8) is 0 Å². The van der Waals surface area contributed by atoms with Gasteiger partial charge in [-0.3, -0.25) is 0 Å². The van der Waals surface area contributed by atoms with Gasteiger partial charge >= 0.3 is 12.7 Å². The molecule has 1 aliphatic heterocycles. The molecule has 0 aromatic carbocycles. The lowest BCUT2D eigenvalue weighted by Crippen LogP contribution is -2.41. The van der Waals surface area contributed by atoms with Crippen LogP contribution < -0.4 is 4.74 Å². The van der Waals surface area contributed by atoms with Gasteiger partial charge in [0.15, 0.2) is 0 Å². The Kier molecular flexibility index (Phi) is 6.12. The largest absolute Gasteiger partial charge is 0.444 e. The summed E-state index contributed by atoms with van der Waals surface area (Å²) < 4.78 is 34.1. The van der Waals surface area contributed by atoms with Crippen molar-refractivity contribution in [1.29, 1.82) is 0 Å². The minimum atomic E-state index is -2.89. The smallest absolute Gasteiger partial charge is 0.410 e. The van der Waals surface area contributed by atoms with E-state index >= 15 is 0 Å². The normalized spacial score (nSPS) is 15.7. The third-order valence-electron chi connectivity index (χ3n) is 4.28. The van der Waals surface area contributed by atoms with E-state index in [1.807, 2.05) is 26.2 Å². The third-order valence-corrected chi connectivity index (χ3v) is 5.19. The number of nitrogens with zero attached hydrogens (tertiary/aromatic N) is 3. The van der Waals surface area contributed by atoms with Crippen molar-refractivity contribution >= 4 is 17.4 Å².